The Morgan fingerprint density at radius 1 is 1.15 bits per heavy atom. The maximum absolute atomic E-state index is 12.1. The highest BCUT2D eigenvalue weighted by Crippen LogP contribution is 2.14. The molecule has 2 rings (SSSR count). The van der Waals surface area contributed by atoms with Crippen LogP contribution >= 0.6 is 15.9 Å². The number of phenolic OH excluding ortho intramolecular Hbond substituents is 1. The van der Waals surface area contributed by atoms with Gasteiger partial charge in [-0.2, -0.15) is 0 Å². The Balaban J connectivity index is 1.96. The Hall–Kier alpha value is -1.81. The van der Waals surface area contributed by atoms with E-state index in [0.717, 1.165) is 15.6 Å². The van der Waals surface area contributed by atoms with Crippen molar-refractivity contribution in [1.82, 2.24) is 4.90 Å². The molecule has 0 unspecified atom stereocenters. The van der Waals surface area contributed by atoms with Gasteiger partial charge in [-0.1, -0.05) is 40.2 Å². The predicted molar refractivity (Wildman–Crippen MR) is 82.4 cm³/mol. The number of halogens is 1. The average molecular weight is 334 g/mol. The first-order valence-electron chi connectivity index (χ1n) is 6.31. The van der Waals surface area contributed by atoms with Crippen LogP contribution < -0.4 is 0 Å². The normalized spacial score (nSPS) is 10.3. The van der Waals surface area contributed by atoms with E-state index in [2.05, 4.69) is 15.9 Å². The van der Waals surface area contributed by atoms with Crippen molar-refractivity contribution in [3.05, 3.63) is 64.1 Å². The number of hydrogen-bond donors (Lipinski definition) is 1. The first-order valence-corrected chi connectivity index (χ1v) is 7.10. The van der Waals surface area contributed by atoms with Crippen molar-refractivity contribution in [2.24, 2.45) is 0 Å². The summed E-state index contributed by atoms with van der Waals surface area (Å²) in [6.45, 7) is 0.580. The van der Waals surface area contributed by atoms with E-state index < -0.39 is 0 Å². The van der Waals surface area contributed by atoms with Crippen LogP contribution in [0.2, 0.25) is 0 Å². The molecule has 104 valence electrons. The fourth-order valence-electron chi connectivity index (χ4n) is 1.92. The second-order valence-corrected chi connectivity index (χ2v) is 5.64. The summed E-state index contributed by atoms with van der Waals surface area (Å²) in [5, 5.41) is 9.22. The number of aromatic hydroxyl groups is 1. The summed E-state index contributed by atoms with van der Waals surface area (Å²) in [5.74, 6) is 0.263. The van der Waals surface area contributed by atoms with Crippen LogP contribution in [0.4, 0.5) is 0 Å². The Labute approximate surface area is 127 Å². The Bertz CT molecular complexity index is 596. The van der Waals surface area contributed by atoms with Gasteiger partial charge in [0.05, 0.1) is 6.42 Å². The van der Waals surface area contributed by atoms with E-state index in [1.165, 1.54) is 0 Å². The number of carbonyl (C=O) groups is 1. The van der Waals surface area contributed by atoms with Gasteiger partial charge in [-0.15, -0.1) is 0 Å². The second-order valence-electron chi connectivity index (χ2n) is 4.72. The maximum Gasteiger partial charge on any atom is 0.227 e. The van der Waals surface area contributed by atoms with E-state index in [0.29, 0.717) is 13.0 Å². The molecule has 0 bridgehead atoms. The van der Waals surface area contributed by atoms with E-state index in [1.54, 1.807) is 36.2 Å². The third-order valence-corrected chi connectivity index (χ3v) is 3.52. The Kier molecular flexibility index (Phi) is 4.79. The van der Waals surface area contributed by atoms with E-state index in [-0.39, 0.29) is 11.7 Å². The summed E-state index contributed by atoms with van der Waals surface area (Å²) in [6, 6.07) is 14.6. The molecule has 0 saturated heterocycles. The van der Waals surface area contributed by atoms with Crippen molar-refractivity contribution >= 4 is 21.8 Å². The van der Waals surface area contributed by atoms with Crippen molar-refractivity contribution in [1.29, 1.82) is 0 Å². The van der Waals surface area contributed by atoms with Gasteiger partial charge in [-0.3, -0.25) is 4.79 Å². The van der Waals surface area contributed by atoms with Gasteiger partial charge in [0.2, 0.25) is 5.91 Å². The molecule has 0 aliphatic rings. The number of hydrogen-bond acceptors (Lipinski definition) is 2. The van der Waals surface area contributed by atoms with Crippen molar-refractivity contribution in [2.45, 2.75) is 13.0 Å². The summed E-state index contributed by atoms with van der Waals surface area (Å²) in [6.07, 6.45) is 0.338. The molecule has 1 amide bonds. The lowest BCUT2D eigenvalue weighted by atomic mass is 10.1. The monoisotopic (exact) mass is 333 g/mol. The lowest BCUT2D eigenvalue weighted by Gasteiger charge is -2.17. The standard InChI is InChI=1S/C16H16BrNO2/c1-18(11-13-3-2-4-14(17)9-13)16(20)10-12-5-7-15(19)8-6-12/h2-9,19H,10-11H2,1H3. The van der Waals surface area contributed by atoms with Crippen LogP contribution in [0.5, 0.6) is 5.75 Å². The molecule has 3 nitrogen and oxygen atoms in total. The van der Waals surface area contributed by atoms with Crippen molar-refractivity contribution in [2.75, 3.05) is 7.05 Å². The van der Waals surface area contributed by atoms with Crippen LogP contribution in [-0.4, -0.2) is 23.0 Å². The van der Waals surface area contributed by atoms with Crippen LogP contribution in [0, 0.1) is 0 Å². The van der Waals surface area contributed by atoms with Gasteiger partial charge in [0.15, 0.2) is 0 Å². The molecule has 0 spiro atoms. The zero-order valence-corrected chi connectivity index (χ0v) is 12.8. The van der Waals surface area contributed by atoms with Gasteiger partial charge >= 0.3 is 0 Å². The lowest BCUT2D eigenvalue weighted by Crippen LogP contribution is -2.27. The topological polar surface area (TPSA) is 40.5 Å². The SMILES string of the molecule is CN(Cc1cccc(Br)c1)C(=O)Cc1ccc(O)cc1. The number of carbonyl (C=O) groups excluding carboxylic acids is 1. The molecule has 0 heterocycles. The fourth-order valence-corrected chi connectivity index (χ4v) is 2.37. The molecule has 4 heteroatoms. The molecule has 0 saturated carbocycles. The summed E-state index contributed by atoms with van der Waals surface area (Å²) in [7, 11) is 1.80. The van der Waals surface area contributed by atoms with Crippen molar-refractivity contribution in [3.8, 4) is 5.75 Å². The van der Waals surface area contributed by atoms with Crippen LogP contribution in [0.15, 0.2) is 53.0 Å². The fraction of sp³-hybridized carbons (Fsp3) is 0.188. The van der Waals surface area contributed by atoms with E-state index in [9.17, 15) is 9.90 Å². The molecule has 20 heavy (non-hydrogen) atoms. The van der Waals surface area contributed by atoms with Gasteiger partial charge in [0.1, 0.15) is 5.75 Å². The third kappa shape index (κ3) is 4.10. The lowest BCUT2D eigenvalue weighted by molar-refractivity contribution is -0.129. The van der Waals surface area contributed by atoms with Crippen LogP contribution in [0.25, 0.3) is 0 Å². The van der Waals surface area contributed by atoms with Crippen molar-refractivity contribution < 1.29 is 9.90 Å². The number of amides is 1. The summed E-state index contributed by atoms with van der Waals surface area (Å²) < 4.78 is 1.01. The highest BCUT2D eigenvalue weighted by molar-refractivity contribution is 9.10. The van der Waals surface area contributed by atoms with Gasteiger partial charge in [-0.05, 0) is 35.4 Å². The number of nitrogens with zero attached hydrogens (tertiary/aromatic N) is 1. The van der Waals surface area contributed by atoms with Crippen molar-refractivity contribution in [3.63, 3.8) is 0 Å². The minimum absolute atomic E-state index is 0.0515. The smallest absolute Gasteiger partial charge is 0.227 e. The van der Waals surface area contributed by atoms with Crippen LogP contribution in [0.1, 0.15) is 11.1 Å². The van der Waals surface area contributed by atoms with Gasteiger partial charge < -0.3 is 10.0 Å². The highest BCUT2D eigenvalue weighted by atomic mass is 79.9. The largest absolute Gasteiger partial charge is 0.508 e. The predicted octanol–water partition coefficient (Wildman–Crippen LogP) is 3.36. The zero-order valence-electron chi connectivity index (χ0n) is 11.2. The number of phenols is 1. The molecule has 0 aromatic heterocycles. The quantitative estimate of drug-likeness (QED) is 0.931. The molecular formula is C16H16BrNO2. The minimum Gasteiger partial charge on any atom is -0.508 e. The summed E-state index contributed by atoms with van der Waals surface area (Å²) in [5.41, 5.74) is 1.98. The average Bonchev–Trinajstić information content (AvgIpc) is 2.41. The molecule has 0 atom stereocenters. The van der Waals surface area contributed by atoms with E-state index in [1.807, 2.05) is 24.3 Å². The third-order valence-electron chi connectivity index (χ3n) is 3.03. The van der Waals surface area contributed by atoms with E-state index in [4.69, 9.17) is 0 Å². The summed E-state index contributed by atoms with van der Waals surface area (Å²) in [4.78, 5) is 13.8. The summed E-state index contributed by atoms with van der Waals surface area (Å²) >= 11 is 3.42. The number of likely N-dealkylation sites (N-methyl/N-ethyl adjacent to an activating group) is 1. The minimum atomic E-state index is 0.0515. The highest BCUT2D eigenvalue weighted by Gasteiger charge is 2.10. The molecule has 2 aromatic rings. The molecular weight excluding hydrogens is 318 g/mol. The van der Waals surface area contributed by atoms with Gasteiger partial charge in [-0.25, -0.2) is 0 Å². The Morgan fingerprint density at radius 3 is 2.50 bits per heavy atom. The number of benzene rings is 2. The molecule has 0 fully saturated rings. The van der Waals surface area contributed by atoms with Crippen LogP contribution in [-0.2, 0) is 17.8 Å². The van der Waals surface area contributed by atoms with E-state index >= 15 is 0 Å². The Morgan fingerprint density at radius 2 is 1.85 bits per heavy atom. The number of rotatable bonds is 4. The maximum atomic E-state index is 12.1. The molecule has 2 aromatic carbocycles. The van der Waals surface area contributed by atoms with Gasteiger partial charge in [0.25, 0.3) is 0 Å². The first kappa shape index (κ1) is 14.6. The molecule has 0 radical (unpaired) electrons. The first-order chi connectivity index (χ1) is 9.54. The molecule has 1 N–H and O–H groups in total. The second kappa shape index (κ2) is 6.57. The van der Waals surface area contributed by atoms with Gasteiger partial charge in [0, 0.05) is 18.1 Å². The van der Waals surface area contributed by atoms with Crippen LogP contribution in [0.3, 0.4) is 0 Å². The molecule has 0 aliphatic carbocycles. The zero-order chi connectivity index (χ0) is 14.5. The molecule has 0 aliphatic heterocycles.